The van der Waals surface area contributed by atoms with Crippen LogP contribution >= 0.6 is 11.6 Å². The molecule has 1 saturated heterocycles. The van der Waals surface area contributed by atoms with Gasteiger partial charge in [-0.2, -0.15) is 0 Å². The Morgan fingerprint density at radius 1 is 1.09 bits per heavy atom. The molecule has 0 spiro atoms. The predicted molar refractivity (Wildman–Crippen MR) is 125 cm³/mol. The summed E-state index contributed by atoms with van der Waals surface area (Å²) in [6, 6.07) is 14.2. The zero-order chi connectivity index (χ0) is 22.7. The Hall–Kier alpha value is -3.45. The lowest BCUT2D eigenvalue weighted by atomic mass is 9.93. The highest BCUT2D eigenvalue weighted by Gasteiger charge is 2.32. The zero-order valence-corrected chi connectivity index (χ0v) is 18.5. The summed E-state index contributed by atoms with van der Waals surface area (Å²) in [5.41, 5.74) is 9.64. The van der Waals surface area contributed by atoms with Crippen LogP contribution in [0.2, 0.25) is 5.02 Å². The van der Waals surface area contributed by atoms with Crippen molar-refractivity contribution in [3.8, 4) is 11.1 Å². The van der Waals surface area contributed by atoms with Crippen molar-refractivity contribution in [3.63, 3.8) is 0 Å². The first-order chi connectivity index (χ1) is 15.4. The van der Waals surface area contributed by atoms with Gasteiger partial charge in [-0.25, -0.2) is 9.97 Å². The molecule has 2 amide bonds. The third-order valence-electron chi connectivity index (χ3n) is 5.52. The minimum Gasteiger partial charge on any atom is -0.368 e. The normalized spacial score (nSPS) is 15.9. The quantitative estimate of drug-likeness (QED) is 0.600. The number of benzene rings is 2. The second kappa shape index (κ2) is 9.36. The summed E-state index contributed by atoms with van der Waals surface area (Å²) in [7, 11) is 0. The molecule has 164 valence electrons. The largest absolute Gasteiger partial charge is 0.368 e. The zero-order valence-electron chi connectivity index (χ0n) is 17.7. The fourth-order valence-corrected chi connectivity index (χ4v) is 4.17. The molecule has 32 heavy (non-hydrogen) atoms. The number of likely N-dealkylation sites (tertiary alicyclic amines) is 1. The maximum atomic E-state index is 13.4. The van der Waals surface area contributed by atoms with Crippen LogP contribution in [0.25, 0.3) is 11.1 Å². The van der Waals surface area contributed by atoms with Crippen molar-refractivity contribution in [2.45, 2.75) is 32.2 Å². The Bertz CT molecular complexity index is 1130. The van der Waals surface area contributed by atoms with Crippen LogP contribution in [-0.4, -0.2) is 33.2 Å². The van der Waals surface area contributed by atoms with Crippen LogP contribution in [0.5, 0.6) is 0 Å². The van der Waals surface area contributed by atoms with Gasteiger partial charge in [-0.1, -0.05) is 23.7 Å². The van der Waals surface area contributed by atoms with Crippen molar-refractivity contribution in [1.29, 1.82) is 0 Å². The summed E-state index contributed by atoms with van der Waals surface area (Å²) in [6.07, 6.45) is 4.40. The van der Waals surface area contributed by atoms with E-state index in [-0.39, 0.29) is 23.8 Å². The van der Waals surface area contributed by atoms with Gasteiger partial charge in [-0.05, 0) is 61.2 Å². The minimum atomic E-state index is -0.220. The topological polar surface area (TPSA) is 101 Å². The molecule has 2 heterocycles. The lowest BCUT2D eigenvalue weighted by molar-refractivity contribution is -0.114. The number of anilines is 2. The highest BCUT2D eigenvalue weighted by Crippen LogP contribution is 2.37. The molecule has 0 aliphatic carbocycles. The Morgan fingerprint density at radius 2 is 1.81 bits per heavy atom. The van der Waals surface area contributed by atoms with E-state index in [1.165, 1.54) is 6.92 Å². The fourth-order valence-electron chi connectivity index (χ4n) is 4.04. The van der Waals surface area contributed by atoms with Crippen molar-refractivity contribution in [2.24, 2.45) is 0 Å². The van der Waals surface area contributed by atoms with Crippen molar-refractivity contribution in [2.75, 3.05) is 17.6 Å². The number of halogens is 1. The van der Waals surface area contributed by atoms with Crippen LogP contribution in [0.4, 0.5) is 11.6 Å². The number of carbonyl (C=O) groups is 2. The lowest BCUT2D eigenvalue weighted by Gasteiger charge is -2.36. The average molecular weight is 450 g/mol. The molecule has 8 heteroatoms. The van der Waals surface area contributed by atoms with E-state index in [1.54, 1.807) is 30.5 Å². The SMILES string of the molecule is CC(=O)Nc1ccc(C(=O)N2CCCC[C@@H]2c2nc(N)ncc2-c2ccc(Cl)cc2)cc1. The number of amides is 2. The van der Waals surface area contributed by atoms with Crippen LogP contribution in [0.3, 0.4) is 0 Å². The van der Waals surface area contributed by atoms with Crippen LogP contribution in [0.1, 0.15) is 48.3 Å². The molecule has 3 aromatic rings. The monoisotopic (exact) mass is 449 g/mol. The molecule has 0 saturated carbocycles. The van der Waals surface area contributed by atoms with Gasteiger partial charge in [-0.15, -0.1) is 0 Å². The van der Waals surface area contributed by atoms with E-state index < -0.39 is 0 Å². The Kier molecular flexibility index (Phi) is 6.37. The molecule has 1 aliphatic heterocycles. The van der Waals surface area contributed by atoms with E-state index in [1.807, 2.05) is 29.2 Å². The molecule has 0 unspecified atom stereocenters. The smallest absolute Gasteiger partial charge is 0.254 e. The third kappa shape index (κ3) is 4.73. The van der Waals surface area contributed by atoms with Gasteiger partial charge in [0.05, 0.1) is 11.7 Å². The highest BCUT2D eigenvalue weighted by molar-refractivity contribution is 6.30. The van der Waals surface area contributed by atoms with E-state index in [9.17, 15) is 9.59 Å². The van der Waals surface area contributed by atoms with Crippen LogP contribution < -0.4 is 11.1 Å². The van der Waals surface area contributed by atoms with E-state index >= 15 is 0 Å². The van der Waals surface area contributed by atoms with E-state index in [4.69, 9.17) is 17.3 Å². The number of nitrogens with two attached hydrogens (primary N) is 1. The summed E-state index contributed by atoms with van der Waals surface area (Å²) >= 11 is 6.06. The van der Waals surface area contributed by atoms with Crippen LogP contribution in [0, 0.1) is 0 Å². The molecule has 7 nitrogen and oxygen atoms in total. The molecule has 1 atom stereocenters. The number of rotatable bonds is 4. The van der Waals surface area contributed by atoms with Crippen molar-refractivity contribution < 1.29 is 9.59 Å². The van der Waals surface area contributed by atoms with Crippen molar-refractivity contribution in [1.82, 2.24) is 14.9 Å². The van der Waals surface area contributed by atoms with Gasteiger partial charge in [0.25, 0.3) is 5.91 Å². The van der Waals surface area contributed by atoms with Gasteiger partial charge in [0, 0.05) is 41.5 Å². The first kappa shape index (κ1) is 21.8. The number of hydrogen-bond acceptors (Lipinski definition) is 5. The van der Waals surface area contributed by atoms with E-state index in [0.29, 0.717) is 22.8 Å². The molecule has 4 rings (SSSR count). The number of piperidine rings is 1. The maximum Gasteiger partial charge on any atom is 0.254 e. The lowest BCUT2D eigenvalue weighted by Crippen LogP contribution is -2.39. The average Bonchev–Trinajstić information content (AvgIpc) is 2.79. The summed E-state index contributed by atoms with van der Waals surface area (Å²) in [4.78, 5) is 35.3. The van der Waals surface area contributed by atoms with Crippen LogP contribution in [-0.2, 0) is 4.79 Å². The second-order valence-electron chi connectivity index (χ2n) is 7.80. The number of carbonyl (C=O) groups excluding carboxylic acids is 2. The molecule has 1 fully saturated rings. The molecule has 0 radical (unpaired) electrons. The number of nitrogens with one attached hydrogen (secondary N) is 1. The number of nitrogens with zero attached hydrogens (tertiary/aromatic N) is 3. The fraction of sp³-hybridized carbons (Fsp3) is 0.250. The highest BCUT2D eigenvalue weighted by atomic mass is 35.5. The molecular formula is C24H24ClN5O2. The molecule has 1 aromatic heterocycles. The molecule has 3 N–H and O–H groups in total. The Labute approximate surface area is 191 Å². The van der Waals surface area contributed by atoms with E-state index in [0.717, 1.165) is 36.1 Å². The number of aromatic nitrogens is 2. The third-order valence-corrected chi connectivity index (χ3v) is 5.78. The molecular weight excluding hydrogens is 426 g/mol. The predicted octanol–water partition coefficient (Wildman–Crippen LogP) is 4.71. The minimum absolute atomic E-state index is 0.0803. The summed E-state index contributed by atoms with van der Waals surface area (Å²) < 4.78 is 0. The molecule has 1 aliphatic rings. The summed E-state index contributed by atoms with van der Waals surface area (Å²) in [6.45, 7) is 2.07. The van der Waals surface area contributed by atoms with Gasteiger partial charge in [-0.3, -0.25) is 9.59 Å². The van der Waals surface area contributed by atoms with Gasteiger partial charge in [0.2, 0.25) is 11.9 Å². The molecule has 2 aromatic carbocycles. The van der Waals surface area contributed by atoms with Gasteiger partial charge in [0.1, 0.15) is 0 Å². The number of hydrogen-bond donors (Lipinski definition) is 2. The Balaban J connectivity index is 1.68. The Morgan fingerprint density at radius 3 is 2.50 bits per heavy atom. The summed E-state index contributed by atoms with van der Waals surface area (Å²) in [5, 5.41) is 3.36. The van der Waals surface area contributed by atoms with E-state index in [2.05, 4.69) is 15.3 Å². The summed E-state index contributed by atoms with van der Waals surface area (Å²) in [5.74, 6) is -0.0603. The maximum absolute atomic E-state index is 13.4. The standard InChI is InChI=1S/C24H24ClN5O2/c1-15(31)28-19-11-7-17(8-12-19)23(32)30-13-3-2-4-21(30)22-20(14-27-24(26)29-22)16-5-9-18(25)10-6-16/h5-12,14,21H,2-4,13H2,1H3,(H,28,31)(H2,26,27,29)/t21-/m1/s1. The first-order valence-corrected chi connectivity index (χ1v) is 10.9. The van der Waals surface area contributed by atoms with Crippen molar-refractivity contribution >= 4 is 35.1 Å². The molecule has 0 bridgehead atoms. The van der Waals surface area contributed by atoms with Gasteiger partial charge < -0.3 is 16.0 Å². The van der Waals surface area contributed by atoms with Crippen molar-refractivity contribution in [3.05, 3.63) is 71.0 Å². The number of nitrogen functional groups attached to an aromatic ring is 1. The second-order valence-corrected chi connectivity index (χ2v) is 8.24. The van der Waals surface area contributed by atoms with Crippen LogP contribution in [0.15, 0.2) is 54.7 Å². The first-order valence-electron chi connectivity index (χ1n) is 10.5. The van der Waals surface area contributed by atoms with Gasteiger partial charge >= 0.3 is 0 Å². The van der Waals surface area contributed by atoms with Gasteiger partial charge in [0.15, 0.2) is 0 Å².